The smallest absolute Gasteiger partial charge is 0.251 e. The molecule has 0 spiro atoms. The molecule has 1 aliphatic heterocycles. The Labute approximate surface area is 126 Å². The van der Waals surface area contributed by atoms with Crippen LogP contribution in [0.25, 0.3) is 0 Å². The summed E-state index contributed by atoms with van der Waals surface area (Å²) in [5.41, 5.74) is 0.697. The fraction of sp³-hybridized carbons (Fsp3) is 0.471. The average Bonchev–Trinajstić information content (AvgIpc) is 3.34. The third-order valence-electron chi connectivity index (χ3n) is 3.20. The van der Waals surface area contributed by atoms with Crippen molar-refractivity contribution in [2.75, 3.05) is 26.4 Å². The molecule has 2 rings (SSSR count). The molecule has 1 N–H and O–H groups in total. The number of epoxide rings is 1. The molecule has 0 radical (unpaired) electrons. The van der Waals surface area contributed by atoms with Gasteiger partial charge in [-0.15, -0.1) is 0 Å². The molecule has 1 aromatic carbocycles. The summed E-state index contributed by atoms with van der Waals surface area (Å²) >= 11 is 0. The second-order valence-electron chi connectivity index (χ2n) is 5.07. The van der Waals surface area contributed by atoms with Crippen molar-refractivity contribution in [3.8, 4) is 0 Å². The zero-order chi connectivity index (χ0) is 14.8. The molecule has 0 bridgehead atoms. The molecule has 1 atom stereocenters. The van der Waals surface area contributed by atoms with Crippen LogP contribution in [0.3, 0.4) is 0 Å². The fourth-order valence-electron chi connectivity index (χ4n) is 1.89. The summed E-state index contributed by atoms with van der Waals surface area (Å²) in [6, 6.07) is 9.25. The van der Waals surface area contributed by atoms with Crippen molar-refractivity contribution in [2.45, 2.75) is 25.4 Å². The minimum atomic E-state index is -0.0315. The van der Waals surface area contributed by atoms with Gasteiger partial charge in [-0.3, -0.25) is 4.79 Å². The molecule has 1 amide bonds. The first kappa shape index (κ1) is 15.7. The molecule has 0 aliphatic carbocycles. The number of amides is 1. The summed E-state index contributed by atoms with van der Waals surface area (Å²) in [7, 11) is 0. The van der Waals surface area contributed by atoms with Gasteiger partial charge >= 0.3 is 0 Å². The van der Waals surface area contributed by atoms with E-state index in [1.165, 1.54) is 0 Å². The first-order valence-corrected chi connectivity index (χ1v) is 7.54. The highest BCUT2D eigenvalue weighted by Gasteiger charge is 2.21. The third kappa shape index (κ3) is 7.06. The van der Waals surface area contributed by atoms with Crippen molar-refractivity contribution >= 4 is 5.91 Å². The lowest BCUT2D eigenvalue weighted by Gasteiger charge is -2.02. The first-order valence-electron chi connectivity index (χ1n) is 7.54. The fourth-order valence-corrected chi connectivity index (χ4v) is 1.89. The van der Waals surface area contributed by atoms with Gasteiger partial charge in [0.2, 0.25) is 0 Å². The van der Waals surface area contributed by atoms with E-state index in [1.54, 1.807) is 0 Å². The molecule has 114 valence electrons. The van der Waals surface area contributed by atoms with Crippen molar-refractivity contribution in [1.29, 1.82) is 0 Å². The van der Waals surface area contributed by atoms with Gasteiger partial charge in [0.15, 0.2) is 0 Å². The Morgan fingerprint density at radius 1 is 1.29 bits per heavy atom. The van der Waals surface area contributed by atoms with Crippen LogP contribution in [-0.4, -0.2) is 38.4 Å². The lowest BCUT2D eigenvalue weighted by atomic mass is 10.2. The molecule has 0 aromatic heterocycles. The Bertz CT molecular complexity index is 441. The second kappa shape index (κ2) is 9.32. The van der Waals surface area contributed by atoms with Crippen LogP contribution in [0.4, 0.5) is 0 Å². The van der Waals surface area contributed by atoms with Crippen LogP contribution in [0.15, 0.2) is 42.5 Å². The van der Waals surface area contributed by atoms with Gasteiger partial charge in [-0.05, 0) is 31.4 Å². The molecular formula is C17H23NO3. The van der Waals surface area contributed by atoms with Crippen molar-refractivity contribution in [3.63, 3.8) is 0 Å². The van der Waals surface area contributed by atoms with Gasteiger partial charge in [-0.25, -0.2) is 0 Å². The highest BCUT2D eigenvalue weighted by Crippen LogP contribution is 2.08. The number of hydrogen-bond donors (Lipinski definition) is 1. The number of allylic oxidation sites excluding steroid dienone is 1. The van der Waals surface area contributed by atoms with Gasteiger partial charge < -0.3 is 14.8 Å². The van der Waals surface area contributed by atoms with E-state index in [0.717, 1.165) is 39.1 Å². The summed E-state index contributed by atoms with van der Waals surface area (Å²) in [4.78, 5) is 11.7. The van der Waals surface area contributed by atoms with Gasteiger partial charge in [-0.2, -0.15) is 0 Å². The van der Waals surface area contributed by atoms with Gasteiger partial charge in [0.05, 0.1) is 13.2 Å². The zero-order valence-electron chi connectivity index (χ0n) is 12.3. The predicted octanol–water partition coefficient (Wildman–Crippen LogP) is 2.56. The number of rotatable bonds is 10. The normalized spacial score (nSPS) is 17.0. The second-order valence-corrected chi connectivity index (χ2v) is 5.07. The van der Waals surface area contributed by atoms with Crippen LogP contribution in [0.2, 0.25) is 0 Å². The van der Waals surface area contributed by atoms with Crippen molar-refractivity contribution in [3.05, 3.63) is 48.0 Å². The SMILES string of the molecule is O=C(NCC=CCCCCOCC1CO1)c1ccccc1. The molecule has 0 saturated carbocycles. The Balaban J connectivity index is 1.43. The quantitative estimate of drug-likeness (QED) is 0.409. The topological polar surface area (TPSA) is 50.9 Å². The van der Waals surface area contributed by atoms with E-state index >= 15 is 0 Å². The average molecular weight is 289 g/mol. The first-order chi connectivity index (χ1) is 10.4. The van der Waals surface area contributed by atoms with E-state index < -0.39 is 0 Å². The Morgan fingerprint density at radius 2 is 2.10 bits per heavy atom. The molecule has 1 aromatic rings. The number of ether oxygens (including phenoxy) is 2. The molecule has 21 heavy (non-hydrogen) atoms. The maximum atomic E-state index is 11.7. The van der Waals surface area contributed by atoms with Crippen molar-refractivity contribution in [1.82, 2.24) is 5.32 Å². The van der Waals surface area contributed by atoms with E-state index in [-0.39, 0.29) is 5.91 Å². The van der Waals surface area contributed by atoms with Crippen LogP contribution >= 0.6 is 0 Å². The standard InChI is InChI=1S/C17H23NO3/c19-17(15-9-5-4-6-10-15)18-11-7-2-1-3-8-12-20-13-16-14-21-16/h2,4-7,9-10,16H,1,3,8,11-14H2,(H,18,19). The highest BCUT2D eigenvalue weighted by molar-refractivity contribution is 5.94. The number of carbonyl (C=O) groups excluding carboxylic acids is 1. The maximum Gasteiger partial charge on any atom is 0.251 e. The molecule has 4 heteroatoms. The van der Waals surface area contributed by atoms with Gasteiger partial charge in [0.25, 0.3) is 5.91 Å². The van der Waals surface area contributed by atoms with Gasteiger partial charge in [-0.1, -0.05) is 30.4 Å². The summed E-state index contributed by atoms with van der Waals surface area (Å²) in [6.45, 7) is 2.97. The number of benzene rings is 1. The van der Waals surface area contributed by atoms with Crippen molar-refractivity contribution < 1.29 is 14.3 Å². The highest BCUT2D eigenvalue weighted by atomic mass is 16.6. The monoisotopic (exact) mass is 289 g/mol. The van der Waals surface area contributed by atoms with E-state index in [1.807, 2.05) is 36.4 Å². The van der Waals surface area contributed by atoms with Crippen LogP contribution in [0, 0.1) is 0 Å². The summed E-state index contributed by atoms with van der Waals surface area (Å²) in [6.07, 6.45) is 7.65. The van der Waals surface area contributed by atoms with E-state index in [0.29, 0.717) is 18.2 Å². The zero-order valence-corrected chi connectivity index (χ0v) is 12.3. The Morgan fingerprint density at radius 3 is 2.86 bits per heavy atom. The molecule has 1 unspecified atom stereocenters. The minimum absolute atomic E-state index is 0.0315. The van der Waals surface area contributed by atoms with Crippen LogP contribution in [0.5, 0.6) is 0 Å². The maximum absolute atomic E-state index is 11.7. The van der Waals surface area contributed by atoms with E-state index in [4.69, 9.17) is 9.47 Å². The van der Waals surface area contributed by atoms with Crippen molar-refractivity contribution in [2.24, 2.45) is 0 Å². The van der Waals surface area contributed by atoms with Gasteiger partial charge in [0.1, 0.15) is 6.10 Å². The number of nitrogens with one attached hydrogen (secondary N) is 1. The summed E-state index contributed by atoms with van der Waals surface area (Å²) in [5.74, 6) is -0.0315. The minimum Gasteiger partial charge on any atom is -0.379 e. The summed E-state index contributed by atoms with van der Waals surface area (Å²) in [5, 5.41) is 2.87. The van der Waals surface area contributed by atoms with Crippen LogP contribution in [-0.2, 0) is 9.47 Å². The molecule has 1 aliphatic rings. The van der Waals surface area contributed by atoms with E-state index in [2.05, 4.69) is 11.4 Å². The molecule has 1 saturated heterocycles. The van der Waals surface area contributed by atoms with Gasteiger partial charge in [0, 0.05) is 18.7 Å². The van der Waals surface area contributed by atoms with E-state index in [9.17, 15) is 4.79 Å². The Kier molecular flexibility index (Phi) is 6.98. The molecule has 1 fully saturated rings. The van der Waals surface area contributed by atoms with Crippen LogP contribution in [0.1, 0.15) is 29.6 Å². The largest absolute Gasteiger partial charge is 0.379 e. The molecule has 1 heterocycles. The lowest BCUT2D eigenvalue weighted by molar-refractivity contribution is 0.0958. The Hall–Kier alpha value is -1.65. The number of carbonyl (C=O) groups is 1. The lowest BCUT2D eigenvalue weighted by Crippen LogP contribution is -2.23. The third-order valence-corrected chi connectivity index (χ3v) is 3.20. The number of hydrogen-bond acceptors (Lipinski definition) is 3. The predicted molar refractivity (Wildman–Crippen MR) is 82.3 cm³/mol. The van der Waals surface area contributed by atoms with Crippen LogP contribution < -0.4 is 5.32 Å². The summed E-state index contributed by atoms with van der Waals surface area (Å²) < 4.78 is 10.5. The molecule has 4 nitrogen and oxygen atoms in total. The molecular weight excluding hydrogens is 266 g/mol. The number of unbranched alkanes of at least 4 members (excludes halogenated alkanes) is 2.